The van der Waals surface area contributed by atoms with Gasteiger partial charge in [0.05, 0.1) is 24.5 Å². The highest BCUT2D eigenvalue weighted by Gasteiger charge is 2.27. The van der Waals surface area contributed by atoms with Crippen molar-refractivity contribution >= 4 is 5.91 Å². The van der Waals surface area contributed by atoms with Gasteiger partial charge in [0.1, 0.15) is 0 Å². The van der Waals surface area contributed by atoms with Crippen LogP contribution in [0.5, 0.6) is 0 Å². The highest BCUT2D eigenvalue weighted by atomic mass is 16.2. The number of hydrogen-bond donors (Lipinski definition) is 1. The summed E-state index contributed by atoms with van der Waals surface area (Å²) in [7, 11) is 2.13. The highest BCUT2D eigenvalue weighted by molar-refractivity contribution is 5.96. The minimum absolute atomic E-state index is 0.152. The number of rotatable bonds is 6. The van der Waals surface area contributed by atoms with Crippen LogP contribution in [0.4, 0.5) is 0 Å². The molecule has 2 aliphatic heterocycles. The first kappa shape index (κ1) is 19.2. The minimum atomic E-state index is 0.152. The molecule has 1 fully saturated rings. The average molecular weight is 382 g/mol. The molecule has 28 heavy (non-hydrogen) atoms. The fourth-order valence-corrected chi connectivity index (χ4v) is 4.45. The third-order valence-corrected chi connectivity index (χ3v) is 5.86. The Bertz CT molecular complexity index is 824. The lowest BCUT2D eigenvalue weighted by Crippen LogP contribution is -2.38. The zero-order chi connectivity index (χ0) is 19.5. The van der Waals surface area contributed by atoms with Crippen molar-refractivity contribution in [3.63, 3.8) is 0 Å². The molecule has 0 saturated carbocycles. The van der Waals surface area contributed by atoms with Crippen LogP contribution in [0.15, 0.2) is 30.3 Å². The van der Waals surface area contributed by atoms with E-state index in [-0.39, 0.29) is 5.91 Å². The first-order valence-electron chi connectivity index (χ1n) is 10.5. The summed E-state index contributed by atoms with van der Waals surface area (Å²) in [5.74, 6) is 0.593. The molecule has 0 unspecified atom stereocenters. The van der Waals surface area contributed by atoms with Crippen LogP contribution in [0.3, 0.4) is 0 Å². The van der Waals surface area contributed by atoms with E-state index < -0.39 is 0 Å². The molecule has 6 heteroatoms. The van der Waals surface area contributed by atoms with Gasteiger partial charge in [0.2, 0.25) is 0 Å². The lowest BCUT2D eigenvalue weighted by molar-refractivity contribution is 0.0704. The number of carbonyl (C=O) groups excluding carboxylic acids is 1. The van der Waals surface area contributed by atoms with Crippen molar-refractivity contribution in [2.75, 3.05) is 33.2 Å². The Morgan fingerprint density at radius 2 is 2.18 bits per heavy atom. The van der Waals surface area contributed by atoms with Crippen LogP contribution in [0.25, 0.3) is 0 Å². The van der Waals surface area contributed by atoms with Crippen LogP contribution in [0, 0.1) is 0 Å². The third kappa shape index (κ3) is 3.98. The number of aromatic nitrogens is 2. The molecule has 6 nitrogen and oxygen atoms in total. The van der Waals surface area contributed by atoms with Gasteiger partial charge in [-0.05, 0) is 56.6 Å². The van der Waals surface area contributed by atoms with Crippen molar-refractivity contribution in [1.29, 1.82) is 0 Å². The molecule has 3 heterocycles. The van der Waals surface area contributed by atoms with Gasteiger partial charge in [0, 0.05) is 25.2 Å². The average Bonchev–Trinajstić information content (AvgIpc) is 3.36. The van der Waals surface area contributed by atoms with Gasteiger partial charge < -0.3 is 15.1 Å². The van der Waals surface area contributed by atoms with Crippen LogP contribution in [0.2, 0.25) is 0 Å². The molecule has 2 aliphatic rings. The van der Waals surface area contributed by atoms with Gasteiger partial charge in [-0.1, -0.05) is 25.1 Å². The monoisotopic (exact) mass is 381 g/mol. The minimum Gasteiger partial charge on any atom is -0.331 e. The fourth-order valence-electron chi connectivity index (χ4n) is 4.45. The van der Waals surface area contributed by atoms with E-state index in [9.17, 15) is 4.79 Å². The first-order valence-corrected chi connectivity index (χ1v) is 10.5. The van der Waals surface area contributed by atoms with Crippen molar-refractivity contribution in [3.05, 3.63) is 52.8 Å². The molecule has 1 N–H and O–H groups in total. The highest BCUT2D eigenvalue weighted by Crippen LogP contribution is 2.27. The molecule has 1 aromatic heterocycles. The third-order valence-electron chi connectivity index (χ3n) is 5.86. The van der Waals surface area contributed by atoms with Crippen molar-refractivity contribution in [2.45, 2.75) is 45.3 Å². The van der Waals surface area contributed by atoms with E-state index in [0.717, 1.165) is 69.1 Å². The van der Waals surface area contributed by atoms with Crippen molar-refractivity contribution < 1.29 is 4.79 Å². The van der Waals surface area contributed by atoms with E-state index in [2.05, 4.69) is 47.1 Å². The van der Waals surface area contributed by atoms with Gasteiger partial charge in [-0.15, -0.1) is 0 Å². The molecule has 4 rings (SSSR count). The SMILES string of the molecule is CCCN(C)Cc1cc2n(n1)CCN(C(=O)c1ccccc1[C@@H]1CCNC1)C2. The maximum Gasteiger partial charge on any atom is 0.254 e. The van der Waals surface area contributed by atoms with Gasteiger partial charge >= 0.3 is 0 Å². The maximum atomic E-state index is 13.3. The summed E-state index contributed by atoms with van der Waals surface area (Å²) < 4.78 is 2.08. The van der Waals surface area contributed by atoms with Crippen LogP contribution in [0.1, 0.15) is 53.0 Å². The van der Waals surface area contributed by atoms with E-state index in [4.69, 9.17) is 5.10 Å². The van der Waals surface area contributed by atoms with E-state index in [0.29, 0.717) is 12.5 Å². The maximum absolute atomic E-state index is 13.3. The Kier molecular flexibility index (Phi) is 5.78. The normalized spacial score (nSPS) is 19.2. The number of nitrogens with one attached hydrogen (secondary N) is 1. The summed E-state index contributed by atoms with van der Waals surface area (Å²) >= 11 is 0. The predicted molar refractivity (Wildman–Crippen MR) is 110 cm³/mol. The fraction of sp³-hybridized carbons (Fsp3) is 0.545. The lowest BCUT2D eigenvalue weighted by atomic mass is 9.93. The number of amides is 1. The molecule has 1 amide bonds. The van der Waals surface area contributed by atoms with Gasteiger partial charge in [0.25, 0.3) is 5.91 Å². The second-order valence-electron chi connectivity index (χ2n) is 8.09. The number of hydrogen-bond acceptors (Lipinski definition) is 4. The molecule has 2 aromatic rings. The first-order chi connectivity index (χ1) is 13.7. The van der Waals surface area contributed by atoms with Crippen LogP contribution >= 0.6 is 0 Å². The molecule has 0 radical (unpaired) electrons. The van der Waals surface area contributed by atoms with Crippen molar-refractivity contribution in [1.82, 2.24) is 24.9 Å². The number of nitrogens with zero attached hydrogens (tertiary/aromatic N) is 4. The van der Waals surface area contributed by atoms with Gasteiger partial charge in [-0.3, -0.25) is 9.48 Å². The quantitative estimate of drug-likeness (QED) is 0.835. The van der Waals surface area contributed by atoms with Crippen LogP contribution < -0.4 is 5.32 Å². The topological polar surface area (TPSA) is 53.4 Å². The molecule has 1 saturated heterocycles. The van der Waals surface area contributed by atoms with E-state index in [1.54, 1.807) is 0 Å². The largest absolute Gasteiger partial charge is 0.331 e. The molecule has 0 bridgehead atoms. The van der Waals surface area contributed by atoms with Gasteiger partial charge in [-0.25, -0.2) is 0 Å². The Hall–Kier alpha value is -2.18. The summed E-state index contributed by atoms with van der Waals surface area (Å²) in [5, 5.41) is 8.17. The second-order valence-corrected chi connectivity index (χ2v) is 8.09. The van der Waals surface area contributed by atoms with Gasteiger partial charge in [0.15, 0.2) is 0 Å². The number of carbonyl (C=O) groups is 1. The van der Waals surface area contributed by atoms with E-state index >= 15 is 0 Å². The molecule has 1 aromatic carbocycles. The summed E-state index contributed by atoms with van der Waals surface area (Å²) in [6, 6.07) is 10.3. The Labute approximate surface area is 167 Å². The Morgan fingerprint density at radius 3 is 2.96 bits per heavy atom. The molecule has 1 atom stereocenters. The van der Waals surface area contributed by atoms with Crippen molar-refractivity contribution in [3.8, 4) is 0 Å². The van der Waals surface area contributed by atoms with Crippen LogP contribution in [-0.4, -0.2) is 58.7 Å². The van der Waals surface area contributed by atoms with E-state index in [1.165, 1.54) is 5.56 Å². The predicted octanol–water partition coefficient (Wildman–Crippen LogP) is 2.46. The summed E-state index contributed by atoms with van der Waals surface area (Å²) in [5.41, 5.74) is 4.29. The zero-order valence-corrected chi connectivity index (χ0v) is 17.0. The van der Waals surface area contributed by atoms with E-state index in [1.807, 2.05) is 17.0 Å². The smallest absolute Gasteiger partial charge is 0.254 e. The Balaban J connectivity index is 1.49. The zero-order valence-electron chi connectivity index (χ0n) is 17.0. The molecular weight excluding hydrogens is 350 g/mol. The second kappa shape index (κ2) is 8.45. The number of benzene rings is 1. The molecule has 150 valence electrons. The molecule has 0 aliphatic carbocycles. The van der Waals surface area contributed by atoms with Crippen molar-refractivity contribution in [2.24, 2.45) is 0 Å². The Morgan fingerprint density at radius 1 is 1.32 bits per heavy atom. The summed E-state index contributed by atoms with van der Waals surface area (Å²) in [6.45, 7) is 8.24. The summed E-state index contributed by atoms with van der Waals surface area (Å²) in [4.78, 5) is 17.6. The van der Waals surface area contributed by atoms with Crippen LogP contribution in [-0.2, 0) is 19.6 Å². The summed E-state index contributed by atoms with van der Waals surface area (Å²) in [6.07, 6.45) is 2.24. The standard InChI is InChI=1S/C22H31N5O/c1-3-10-25(2)15-18-13-19-16-26(11-12-27(19)24-18)22(28)21-7-5-4-6-20(21)17-8-9-23-14-17/h4-7,13,17,23H,3,8-12,14-16H2,1-2H3/t17-/m1/s1. The van der Waals surface area contributed by atoms with Gasteiger partial charge in [-0.2, -0.15) is 5.10 Å². The number of fused-ring (bicyclic) bond motifs is 1. The lowest BCUT2D eigenvalue weighted by Gasteiger charge is -2.29. The molecular formula is C22H31N5O. The molecule has 0 spiro atoms.